The number of dihydropyridines is 1. The van der Waals surface area contributed by atoms with Crippen LogP contribution < -0.4 is 5.73 Å². The summed E-state index contributed by atoms with van der Waals surface area (Å²) in [6, 6.07) is -0.324. The maximum absolute atomic E-state index is 10.4. The van der Waals surface area contributed by atoms with Crippen LogP contribution in [0.25, 0.3) is 0 Å². The van der Waals surface area contributed by atoms with E-state index in [1.165, 1.54) is 0 Å². The molecule has 0 fully saturated rings. The molecular weight excluding hydrogens is 116 g/mol. The van der Waals surface area contributed by atoms with Gasteiger partial charge in [0.15, 0.2) is 0 Å². The van der Waals surface area contributed by atoms with Crippen molar-refractivity contribution in [2.45, 2.75) is 12.5 Å². The lowest BCUT2D eigenvalue weighted by Gasteiger charge is -2.05. The number of rotatable bonds is 1. The van der Waals surface area contributed by atoms with E-state index in [1.54, 1.807) is 12.3 Å². The molecule has 1 amide bonds. The van der Waals surface area contributed by atoms with Crippen LogP contribution in [0.2, 0.25) is 0 Å². The number of aliphatic imine (C=N–C) groups is 1. The van der Waals surface area contributed by atoms with Gasteiger partial charge in [0, 0.05) is 6.21 Å². The van der Waals surface area contributed by atoms with Gasteiger partial charge in [0.05, 0.1) is 0 Å². The molecule has 0 aromatic carbocycles. The number of primary amides is 1. The molecule has 1 aliphatic rings. The Balaban J connectivity index is 2.56. The first-order chi connectivity index (χ1) is 4.30. The Bertz CT molecular complexity index is 172. The Kier molecular flexibility index (Phi) is 1.63. The molecule has 0 bridgehead atoms. The third-order valence-electron chi connectivity index (χ3n) is 1.18. The molecule has 2 N–H and O–H groups in total. The highest BCUT2D eigenvalue weighted by Crippen LogP contribution is 2.01. The molecular formula is C6H8N2O. The van der Waals surface area contributed by atoms with Gasteiger partial charge in [-0.1, -0.05) is 6.08 Å². The molecule has 48 valence electrons. The molecule has 1 aliphatic heterocycles. The summed E-state index contributed by atoms with van der Waals surface area (Å²) in [5, 5.41) is 0. The SMILES string of the molecule is NC(=O)[C@@H]1CC=CC=N1. The molecule has 1 atom stereocenters. The molecule has 0 saturated carbocycles. The van der Waals surface area contributed by atoms with E-state index in [4.69, 9.17) is 5.73 Å². The molecule has 1 heterocycles. The summed E-state index contributed by atoms with van der Waals surface area (Å²) in [5.41, 5.74) is 4.98. The first-order valence-corrected chi connectivity index (χ1v) is 2.78. The van der Waals surface area contributed by atoms with Crippen molar-refractivity contribution in [3.63, 3.8) is 0 Å². The zero-order chi connectivity index (χ0) is 6.69. The van der Waals surface area contributed by atoms with Gasteiger partial charge in [-0.15, -0.1) is 0 Å². The molecule has 0 unspecified atom stereocenters. The van der Waals surface area contributed by atoms with E-state index < -0.39 is 0 Å². The Morgan fingerprint density at radius 2 is 2.56 bits per heavy atom. The molecule has 0 aromatic heterocycles. The molecule has 3 heteroatoms. The standard InChI is InChI=1S/C6H8N2O/c7-6(9)5-3-1-2-4-8-5/h1-2,4-5H,3H2,(H2,7,9)/t5-/m0/s1. The number of nitrogens with two attached hydrogens (primary N) is 1. The lowest BCUT2D eigenvalue weighted by molar-refractivity contribution is -0.119. The number of carbonyl (C=O) groups is 1. The predicted octanol–water partition coefficient (Wildman–Crippen LogP) is -0.129. The van der Waals surface area contributed by atoms with Gasteiger partial charge in [0.2, 0.25) is 5.91 Å². The fraction of sp³-hybridized carbons (Fsp3) is 0.333. The molecule has 1 rings (SSSR count). The lowest BCUT2D eigenvalue weighted by Crippen LogP contribution is -2.27. The highest BCUT2D eigenvalue weighted by atomic mass is 16.1. The van der Waals surface area contributed by atoms with Crippen LogP contribution >= 0.6 is 0 Å². The first-order valence-electron chi connectivity index (χ1n) is 2.78. The van der Waals surface area contributed by atoms with Crippen LogP contribution in [-0.2, 0) is 4.79 Å². The molecule has 0 radical (unpaired) electrons. The maximum Gasteiger partial charge on any atom is 0.242 e. The van der Waals surface area contributed by atoms with Gasteiger partial charge in [0.1, 0.15) is 6.04 Å². The van der Waals surface area contributed by atoms with Gasteiger partial charge in [-0.25, -0.2) is 0 Å². The molecule has 0 aromatic rings. The Morgan fingerprint density at radius 1 is 1.78 bits per heavy atom. The second kappa shape index (κ2) is 2.44. The molecule has 0 aliphatic carbocycles. The van der Waals surface area contributed by atoms with Crippen LogP contribution in [0.5, 0.6) is 0 Å². The number of allylic oxidation sites excluding steroid dienone is 1. The van der Waals surface area contributed by atoms with Crippen molar-refractivity contribution < 1.29 is 4.79 Å². The highest BCUT2D eigenvalue weighted by Gasteiger charge is 2.11. The second-order valence-electron chi connectivity index (χ2n) is 1.88. The summed E-state index contributed by atoms with van der Waals surface area (Å²) >= 11 is 0. The Hall–Kier alpha value is -1.12. The lowest BCUT2D eigenvalue weighted by atomic mass is 10.2. The number of nitrogens with zero attached hydrogens (tertiary/aromatic N) is 1. The summed E-state index contributed by atoms with van der Waals surface area (Å²) < 4.78 is 0. The first kappa shape index (κ1) is 6.01. The second-order valence-corrected chi connectivity index (χ2v) is 1.88. The summed E-state index contributed by atoms with van der Waals surface area (Å²) in [4.78, 5) is 14.3. The van der Waals surface area contributed by atoms with Crippen LogP contribution in [-0.4, -0.2) is 18.2 Å². The van der Waals surface area contributed by atoms with Crippen molar-refractivity contribution in [1.82, 2.24) is 0 Å². The number of carbonyl (C=O) groups excluding carboxylic acids is 1. The highest BCUT2D eigenvalue weighted by molar-refractivity contribution is 5.84. The van der Waals surface area contributed by atoms with Crippen LogP contribution in [0, 0.1) is 0 Å². The minimum atomic E-state index is -0.351. The summed E-state index contributed by atoms with van der Waals surface area (Å²) in [6.45, 7) is 0. The van der Waals surface area contributed by atoms with Gasteiger partial charge in [-0.2, -0.15) is 0 Å². The van der Waals surface area contributed by atoms with E-state index in [-0.39, 0.29) is 11.9 Å². The average Bonchev–Trinajstić information content (AvgIpc) is 1.90. The fourth-order valence-corrected chi connectivity index (χ4v) is 0.672. The van der Waals surface area contributed by atoms with Crippen molar-refractivity contribution in [2.75, 3.05) is 0 Å². The van der Waals surface area contributed by atoms with E-state index >= 15 is 0 Å². The number of hydrogen-bond donors (Lipinski definition) is 1. The number of amides is 1. The van der Waals surface area contributed by atoms with E-state index in [0.717, 1.165) is 0 Å². The summed E-state index contributed by atoms with van der Waals surface area (Å²) in [6.07, 6.45) is 5.92. The topological polar surface area (TPSA) is 55.5 Å². The molecule has 0 saturated heterocycles. The summed E-state index contributed by atoms with van der Waals surface area (Å²) in [5.74, 6) is -0.351. The average molecular weight is 124 g/mol. The quantitative estimate of drug-likeness (QED) is 0.520. The third kappa shape index (κ3) is 1.38. The monoisotopic (exact) mass is 124 g/mol. The predicted molar refractivity (Wildman–Crippen MR) is 35.2 cm³/mol. The molecule has 0 spiro atoms. The normalized spacial score (nSPS) is 24.2. The number of hydrogen-bond acceptors (Lipinski definition) is 2. The Labute approximate surface area is 53.3 Å². The van der Waals surface area contributed by atoms with E-state index in [9.17, 15) is 4.79 Å². The van der Waals surface area contributed by atoms with Crippen molar-refractivity contribution in [1.29, 1.82) is 0 Å². The van der Waals surface area contributed by atoms with Gasteiger partial charge in [0.25, 0.3) is 0 Å². The van der Waals surface area contributed by atoms with Crippen molar-refractivity contribution in [3.8, 4) is 0 Å². The van der Waals surface area contributed by atoms with Crippen LogP contribution in [0.4, 0.5) is 0 Å². The van der Waals surface area contributed by atoms with Crippen molar-refractivity contribution >= 4 is 12.1 Å². The van der Waals surface area contributed by atoms with Crippen LogP contribution in [0.3, 0.4) is 0 Å². The summed E-state index contributed by atoms with van der Waals surface area (Å²) in [7, 11) is 0. The van der Waals surface area contributed by atoms with Gasteiger partial charge >= 0.3 is 0 Å². The van der Waals surface area contributed by atoms with E-state index in [0.29, 0.717) is 6.42 Å². The van der Waals surface area contributed by atoms with E-state index in [1.807, 2.05) is 6.08 Å². The molecule has 9 heavy (non-hydrogen) atoms. The van der Waals surface area contributed by atoms with Gasteiger partial charge in [-0.3, -0.25) is 9.79 Å². The zero-order valence-corrected chi connectivity index (χ0v) is 4.95. The third-order valence-corrected chi connectivity index (χ3v) is 1.18. The zero-order valence-electron chi connectivity index (χ0n) is 4.95. The van der Waals surface area contributed by atoms with E-state index in [2.05, 4.69) is 4.99 Å². The van der Waals surface area contributed by atoms with Crippen LogP contribution in [0.15, 0.2) is 17.1 Å². The fourth-order valence-electron chi connectivity index (χ4n) is 0.672. The van der Waals surface area contributed by atoms with Crippen LogP contribution in [0.1, 0.15) is 6.42 Å². The smallest absolute Gasteiger partial charge is 0.242 e. The largest absolute Gasteiger partial charge is 0.368 e. The Morgan fingerprint density at radius 3 is 2.89 bits per heavy atom. The minimum absolute atomic E-state index is 0.324. The van der Waals surface area contributed by atoms with Gasteiger partial charge < -0.3 is 5.73 Å². The maximum atomic E-state index is 10.4. The van der Waals surface area contributed by atoms with Crippen molar-refractivity contribution in [3.05, 3.63) is 12.2 Å². The molecule has 3 nitrogen and oxygen atoms in total. The van der Waals surface area contributed by atoms with Gasteiger partial charge in [-0.05, 0) is 12.5 Å². The minimum Gasteiger partial charge on any atom is -0.368 e. The van der Waals surface area contributed by atoms with Crippen molar-refractivity contribution in [2.24, 2.45) is 10.7 Å².